The van der Waals surface area contributed by atoms with E-state index in [1.54, 1.807) is 12.1 Å². The molecule has 2 N–H and O–H groups in total. The van der Waals surface area contributed by atoms with Crippen molar-refractivity contribution in [3.8, 4) is 23.8 Å². The van der Waals surface area contributed by atoms with Crippen LogP contribution in [0, 0.1) is 17.8 Å². The molecule has 0 unspecified atom stereocenters. The van der Waals surface area contributed by atoms with Gasteiger partial charge in [0.2, 0.25) is 0 Å². The summed E-state index contributed by atoms with van der Waals surface area (Å²) in [5.41, 5.74) is 1.48. The summed E-state index contributed by atoms with van der Waals surface area (Å²) in [4.78, 5) is 31.7. The Bertz CT molecular complexity index is 1260. The number of hydrogen-bond donors (Lipinski definition) is 2. The van der Waals surface area contributed by atoms with Gasteiger partial charge in [0.05, 0.1) is 12.1 Å². The predicted octanol–water partition coefficient (Wildman–Crippen LogP) is 3.83. The first-order chi connectivity index (χ1) is 16.7. The summed E-state index contributed by atoms with van der Waals surface area (Å²) in [6, 6.07) is 10.7. The molecule has 35 heavy (non-hydrogen) atoms. The lowest BCUT2D eigenvalue weighted by atomic mass is 9.91. The Morgan fingerprint density at radius 1 is 1.06 bits per heavy atom. The number of aromatic nitrogens is 2. The van der Waals surface area contributed by atoms with Crippen molar-refractivity contribution in [3.63, 3.8) is 0 Å². The topological polar surface area (TPSA) is 120 Å². The molecule has 2 aromatic carbocycles. The van der Waals surface area contributed by atoms with Gasteiger partial charge in [-0.15, -0.1) is 6.42 Å². The van der Waals surface area contributed by atoms with Crippen LogP contribution in [0.3, 0.4) is 0 Å². The third kappa shape index (κ3) is 7.16. The summed E-state index contributed by atoms with van der Waals surface area (Å²) in [5, 5.41) is 12.6. The summed E-state index contributed by atoms with van der Waals surface area (Å²) in [6.07, 6.45) is 6.92. The number of carboxylic acid groups (broad SMARTS) is 1. The molecule has 0 spiro atoms. The standard InChI is InChI=1S/C26H27N3O6/c1-5-17-7-6-8-18(11-17)29-25-19-12-21(34-10-9-33-15-24(31)32)22(13-20(19)27-16-28-25)35-14-23(30)26(2,3)4/h1,6-8,11-13,16H,9-10,14-15H2,2-4H3,(H,31,32)(H,27,28,29). The molecule has 9 heteroatoms. The summed E-state index contributed by atoms with van der Waals surface area (Å²) in [5.74, 6) is 2.64. The van der Waals surface area contributed by atoms with E-state index in [2.05, 4.69) is 21.2 Å². The molecule has 3 aromatic rings. The number of nitrogens with zero attached hydrogens (tertiary/aromatic N) is 2. The molecule has 0 saturated carbocycles. The molecule has 0 amide bonds. The van der Waals surface area contributed by atoms with Crippen molar-refractivity contribution in [2.24, 2.45) is 5.41 Å². The SMILES string of the molecule is C#Cc1cccc(Nc2ncnc3cc(OCC(=O)C(C)(C)C)c(OCCOCC(=O)O)cc23)c1. The number of hydrogen-bond acceptors (Lipinski definition) is 8. The zero-order valence-corrected chi connectivity index (χ0v) is 19.8. The average molecular weight is 478 g/mol. The number of nitrogens with one attached hydrogen (secondary N) is 1. The second kappa shape index (κ2) is 11.3. The molecule has 0 fully saturated rings. The number of ether oxygens (including phenoxy) is 3. The van der Waals surface area contributed by atoms with Gasteiger partial charge in [-0.3, -0.25) is 4.79 Å². The summed E-state index contributed by atoms with van der Waals surface area (Å²) < 4.78 is 16.7. The van der Waals surface area contributed by atoms with Crippen molar-refractivity contribution in [2.45, 2.75) is 20.8 Å². The average Bonchev–Trinajstić information content (AvgIpc) is 2.81. The highest BCUT2D eigenvalue weighted by Crippen LogP contribution is 2.35. The molecule has 182 valence electrons. The van der Waals surface area contributed by atoms with Crippen molar-refractivity contribution >= 4 is 34.2 Å². The number of Topliss-reactive ketones (excluding diaryl/α,β-unsaturated/α-hetero) is 1. The van der Waals surface area contributed by atoms with Crippen LogP contribution in [-0.2, 0) is 14.3 Å². The lowest BCUT2D eigenvalue weighted by Gasteiger charge is -2.19. The summed E-state index contributed by atoms with van der Waals surface area (Å²) in [6.45, 7) is 5.01. The van der Waals surface area contributed by atoms with Crippen LogP contribution in [0.5, 0.6) is 11.5 Å². The Kier molecular flexibility index (Phi) is 8.23. The molecular formula is C26H27N3O6. The van der Waals surface area contributed by atoms with E-state index < -0.39 is 18.0 Å². The van der Waals surface area contributed by atoms with E-state index in [4.69, 9.17) is 25.7 Å². The van der Waals surface area contributed by atoms with E-state index in [0.29, 0.717) is 28.2 Å². The Morgan fingerprint density at radius 2 is 1.83 bits per heavy atom. The van der Waals surface area contributed by atoms with Gasteiger partial charge in [0.1, 0.15) is 32.0 Å². The third-order valence-electron chi connectivity index (χ3n) is 4.90. The molecule has 3 rings (SSSR count). The van der Waals surface area contributed by atoms with Crippen molar-refractivity contribution < 1.29 is 28.9 Å². The number of rotatable bonds is 11. The number of anilines is 2. The lowest BCUT2D eigenvalue weighted by Crippen LogP contribution is -2.26. The highest BCUT2D eigenvalue weighted by atomic mass is 16.5. The van der Waals surface area contributed by atoms with E-state index in [0.717, 1.165) is 11.3 Å². The third-order valence-corrected chi connectivity index (χ3v) is 4.90. The molecule has 0 aliphatic rings. The molecule has 0 aliphatic carbocycles. The van der Waals surface area contributed by atoms with Crippen LogP contribution in [0.4, 0.5) is 11.5 Å². The van der Waals surface area contributed by atoms with Crippen molar-refractivity contribution in [1.29, 1.82) is 0 Å². The fraction of sp³-hybridized carbons (Fsp3) is 0.308. The first kappa shape index (κ1) is 25.5. The lowest BCUT2D eigenvalue weighted by molar-refractivity contribution is -0.142. The number of ketones is 1. The van der Waals surface area contributed by atoms with Crippen molar-refractivity contribution in [1.82, 2.24) is 9.97 Å². The van der Waals surface area contributed by atoms with Crippen LogP contribution >= 0.6 is 0 Å². The minimum absolute atomic E-state index is 0.0555. The zero-order valence-electron chi connectivity index (χ0n) is 19.8. The molecule has 0 saturated heterocycles. The minimum Gasteiger partial charge on any atom is -0.487 e. The van der Waals surface area contributed by atoms with Crippen LogP contribution in [0.15, 0.2) is 42.7 Å². The first-order valence-electron chi connectivity index (χ1n) is 10.9. The Morgan fingerprint density at radius 3 is 2.54 bits per heavy atom. The molecule has 0 radical (unpaired) electrons. The zero-order chi connectivity index (χ0) is 25.4. The van der Waals surface area contributed by atoms with Crippen LogP contribution in [0.25, 0.3) is 10.9 Å². The normalized spacial score (nSPS) is 11.0. The number of fused-ring (bicyclic) bond motifs is 1. The number of carboxylic acids is 1. The van der Waals surface area contributed by atoms with Crippen LogP contribution in [-0.4, -0.2) is 53.3 Å². The number of benzene rings is 2. The summed E-state index contributed by atoms with van der Waals surface area (Å²) in [7, 11) is 0. The highest BCUT2D eigenvalue weighted by Gasteiger charge is 2.22. The number of carbonyl (C=O) groups is 2. The fourth-order valence-electron chi connectivity index (χ4n) is 2.94. The van der Waals surface area contributed by atoms with Crippen LogP contribution < -0.4 is 14.8 Å². The largest absolute Gasteiger partial charge is 0.487 e. The number of carbonyl (C=O) groups excluding carboxylic acids is 1. The van der Waals surface area contributed by atoms with E-state index in [1.165, 1.54) is 6.33 Å². The van der Waals surface area contributed by atoms with Gasteiger partial charge in [-0.1, -0.05) is 32.8 Å². The van der Waals surface area contributed by atoms with E-state index in [1.807, 2.05) is 45.0 Å². The van der Waals surface area contributed by atoms with Gasteiger partial charge >= 0.3 is 5.97 Å². The first-order valence-corrected chi connectivity index (χ1v) is 10.9. The molecule has 0 atom stereocenters. The quantitative estimate of drug-likeness (QED) is 0.314. The van der Waals surface area contributed by atoms with Gasteiger partial charge in [-0.25, -0.2) is 14.8 Å². The smallest absolute Gasteiger partial charge is 0.329 e. The summed E-state index contributed by atoms with van der Waals surface area (Å²) >= 11 is 0. The maximum atomic E-state index is 12.4. The maximum Gasteiger partial charge on any atom is 0.329 e. The molecule has 1 aromatic heterocycles. The second-order valence-electron chi connectivity index (χ2n) is 8.65. The van der Waals surface area contributed by atoms with Crippen LogP contribution in [0.1, 0.15) is 26.3 Å². The monoisotopic (exact) mass is 477 g/mol. The predicted molar refractivity (Wildman–Crippen MR) is 131 cm³/mol. The molecule has 0 bridgehead atoms. The minimum atomic E-state index is -1.07. The van der Waals surface area contributed by atoms with Gasteiger partial charge in [-0.05, 0) is 24.3 Å². The Labute approximate surface area is 203 Å². The van der Waals surface area contributed by atoms with Gasteiger partial charge < -0.3 is 24.6 Å². The van der Waals surface area contributed by atoms with Gasteiger partial charge in [0.15, 0.2) is 17.3 Å². The van der Waals surface area contributed by atoms with E-state index in [9.17, 15) is 9.59 Å². The van der Waals surface area contributed by atoms with E-state index >= 15 is 0 Å². The molecular weight excluding hydrogens is 450 g/mol. The second-order valence-corrected chi connectivity index (χ2v) is 8.65. The van der Waals surface area contributed by atoms with Gasteiger partial charge in [0, 0.05) is 28.1 Å². The van der Waals surface area contributed by atoms with Crippen molar-refractivity contribution in [3.05, 3.63) is 48.3 Å². The number of aliphatic carboxylic acids is 1. The fourth-order valence-corrected chi connectivity index (χ4v) is 2.94. The molecule has 1 heterocycles. The Hall–Kier alpha value is -4.16. The van der Waals surface area contributed by atoms with Crippen LogP contribution in [0.2, 0.25) is 0 Å². The van der Waals surface area contributed by atoms with Gasteiger partial charge in [-0.2, -0.15) is 0 Å². The molecule has 0 aliphatic heterocycles. The molecule has 9 nitrogen and oxygen atoms in total. The Balaban J connectivity index is 1.91. The van der Waals surface area contributed by atoms with E-state index in [-0.39, 0.29) is 25.6 Å². The van der Waals surface area contributed by atoms with Gasteiger partial charge in [0.25, 0.3) is 0 Å². The maximum absolute atomic E-state index is 12.4. The van der Waals surface area contributed by atoms with Crippen molar-refractivity contribution in [2.75, 3.05) is 31.7 Å². The highest BCUT2D eigenvalue weighted by molar-refractivity contribution is 5.93. The number of terminal acetylenes is 1.